The minimum atomic E-state index is -0.367. The van der Waals surface area contributed by atoms with Crippen LogP contribution in [0.3, 0.4) is 0 Å². The number of amides is 2. The molecule has 0 aliphatic carbocycles. The normalized spacial score (nSPS) is 22.0. The van der Waals surface area contributed by atoms with Gasteiger partial charge in [0.05, 0.1) is 6.04 Å². The molecule has 2 aromatic carbocycles. The molecular weight excluding hydrogens is 338 g/mol. The summed E-state index contributed by atoms with van der Waals surface area (Å²) in [4.78, 5) is 27.2. The Kier molecular flexibility index (Phi) is 5.21. The zero-order valence-corrected chi connectivity index (χ0v) is 15.4. The number of hydrogen-bond acceptors (Lipinski definition) is 3. The minimum Gasteiger partial charge on any atom is -0.329 e. The fraction of sp³-hybridized carbons (Fsp3) is 0.364. The van der Waals surface area contributed by atoms with Gasteiger partial charge < -0.3 is 15.5 Å². The standard InChI is InChI=1S/C22H25N3O2/c26-21(20-9-5-15-25(20)22(27)19-8-4-14-23-19)24-18-12-10-17(11-13-18)16-6-2-1-3-7-16/h1-3,6-7,10-13,19-20,23H,4-5,8-9,14-15H2,(H,24,26)/t19-,20?/m0/s1. The molecule has 0 radical (unpaired) electrons. The Labute approximate surface area is 159 Å². The number of nitrogens with one attached hydrogen (secondary N) is 2. The van der Waals surface area contributed by atoms with E-state index in [1.807, 2.05) is 42.5 Å². The van der Waals surface area contributed by atoms with E-state index in [1.165, 1.54) is 0 Å². The van der Waals surface area contributed by atoms with Crippen LogP contribution in [0, 0.1) is 0 Å². The molecule has 2 saturated heterocycles. The van der Waals surface area contributed by atoms with Gasteiger partial charge in [0, 0.05) is 12.2 Å². The van der Waals surface area contributed by atoms with Crippen LogP contribution in [0.4, 0.5) is 5.69 Å². The summed E-state index contributed by atoms with van der Waals surface area (Å²) in [6, 6.07) is 17.5. The lowest BCUT2D eigenvalue weighted by molar-refractivity contribution is -0.138. The van der Waals surface area contributed by atoms with E-state index in [1.54, 1.807) is 4.90 Å². The fourth-order valence-corrected chi connectivity index (χ4v) is 4.00. The summed E-state index contributed by atoms with van der Waals surface area (Å²) in [5.41, 5.74) is 3.02. The van der Waals surface area contributed by atoms with Gasteiger partial charge >= 0.3 is 0 Å². The summed E-state index contributed by atoms with van der Waals surface area (Å²) in [5, 5.41) is 6.23. The molecule has 0 spiro atoms. The molecule has 2 amide bonds. The lowest BCUT2D eigenvalue weighted by atomic mass is 10.1. The Morgan fingerprint density at radius 3 is 2.37 bits per heavy atom. The molecule has 2 aromatic rings. The highest BCUT2D eigenvalue weighted by molar-refractivity contribution is 5.98. The van der Waals surface area contributed by atoms with Gasteiger partial charge in [0.1, 0.15) is 6.04 Å². The molecule has 2 fully saturated rings. The average Bonchev–Trinajstić information content (AvgIpc) is 3.41. The van der Waals surface area contributed by atoms with Crippen molar-refractivity contribution in [3.63, 3.8) is 0 Å². The van der Waals surface area contributed by atoms with Gasteiger partial charge in [-0.05, 0) is 55.5 Å². The van der Waals surface area contributed by atoms with E-state index in [0.717, 1.165) is 49.0 Å². The van der Waals surface area contributed by atoms with Crippen LogP contribution in [-0.2, 0) is 9.59 Å². The molecule has 0 bridgehead atoms. The third kappa shape index (κ3) is 3.88. The number of carbonyl (C=O) groups is 2. The highest BCUT2D eigenvalue weighted by Crippen LogP contribution is 2.24. The minimum absolute atomic E-state index is 0.0737. The zero-order valence-electron chi connectivity index (χ0n) is 15.4. The first-order chi connectivity index (χ1) is 13.2. The SMILES string of the molecule is O=C(Nc1ccc(-c2ccccc2)cc1)C1CCCN1C(=O)[C@@H]1CCCN1. The van der Waals surface area contributed by atoms with Gasteiger partial charge in [0.25, 0.3) is 0 Å². The largest absolute Gasteiger partial charge is 0.329 e. The van der Waals surface area contributed by atoms with Gasteiger partial charge in [0.15, 0.2) is 0 Å². The molecule has 5 heteroatoms. The molecule has 5 nitrogen and oxygen atoms in total. The van der Waals surface area contributed by atoms with E-state index in [-0.39, 0.29) is 23.9 Å². The van der Waals surface area contributed by atoms with E-state index < -0.39 is 0 Å². The third-order valence-corrected chi connectivity index (χ3v) is 5.46. The zero-order chi connectivity index (χ0) is 18.6. The van der Waals surface area contributed by atoms with Crippen LogP contribution < -0.4 is 10.6 Å². The topological polar surface area (TPSA) is 61.4 Å². The van der Waals surface area contributed by atoms with Gasteiger partial charge in [-0.3, -0.25) is 9.59 Å². The fourth-order valence-electron chi connectivity index (χ4n) is 4.00. The van der Waals surface area contributed by atoms with E-state index >= 15 is 0 Å². The lowest BCUT2D eigenvalue weighted by Gasteiger charge is -2.26. The Balaban J connectivity index is 1.41. The Hall–Kier alpha value is -2.66. The highest BCUT2D eigenvalue weighted by Gasteiger charge is 2.37. The molecule has 2 aliphatic heterocycles. The number of likely N-dealkylation sites (tertiary alicyclic amines) is 1. The molecule has 2 atom stereocenters. The number of hydrogen-bond donors (Lipinski definition) is 2. The predicted octanol–water partition coefficient (Wildman–Crippen LogP) is 3.04. The van der Waals surface area contributed by atoms with Crippen LogP contribution in [0.15, 0.2) is 54.6 Å². The quantitative estimate of drug-likeness (QED) is 0.878. The smallest absolute Gasteiger partial charge is 0.247 e. The van der Waals surface area contributed by atoms with Crippen LogP contribution in [0.5, 0.6) is 0 Å². The summed E-state index contributed by atoms with van der Waals surface area (Å²) < 4.78 is 0. The van der Waals surface area contributed by atoms with Crippen molar-refractivity contribution in [2.75, 3.05) is 18.4 Å². The molecule has 2 aliphatic rings. The molecule has 27 heavy (non-hydrogen) atoms. The lowest BCUT2D eigenvalue weighted by Crippen LogP contribution is -2.49. The van der Waals surface area contributed by atoms with Crippen molar-refractivity contribution < 1.29 is 9.59 Å². The summed E-state index contributed by atoms with van der Waals surface area (Å²) in [6.07, 6.45) is 3.50. The average molecular weight is 363 g/mol. The van der Waals surface area contributed by atoms with Crippen molar-refractivity contribution in [3.8, 4) is 11.1 Å². The number of nitrogens with zero attached hydrogens (tertiary/aromatic N) is 1. The third-order valence-electron chi connectivity index (χ3n) is 5.46. The van der Waals surface area contributed by atoms with Crippen molar-refractivity contribution in [1.29, 1.82) is 0 Å². The van der Waals surface area contributed by atoms with Crippen molar-refractivity contribution in [2.45, 2.75) is 37.8 Å². The molecule has 0 saturated carbocycles. The number of benzene rings is 2. The van der Waals surface area contributed by atoms with Gasteiger partial charge in [-0.15, -0.1) is 0 Å². The predicted molar refractivity (Wildman–Crippen MR) is 106 cm³/mol. The maximum absolute atomic E-state index is 12.8. The van der Waals surface area contributed by atoms with Crippen molar-refractivity contribution in [3.05, 3.63) is 54.6 Å². The molecule has 140 valence electrons. The van der Waals surface area contributed by atoms with Gasteiger partial charge in [-0.25, -0.2) is 0 Å². The first-order valence-corrected chi connectivity index (χ1v) is 9.72. The van der Waals surface area contributed by atoms with Crippen LogP contribution in [-0.4, -0.2) is 41.9 Å². The van der Waals surface area contributed by atoms with E-state index in [2.05, 4.69) is 22.8 Å². The van der Waals surface area contributed by atoms with Gasteiger partial charge in [-0.1, -0.05) is 42.5 Å². The van der Waals surface area contributed by atoms with E-state index in [4.69, 9.17) is 0 Å². The molecular formula is C22H25N3O2. The monoisotopic (exact) mass is 363 g/mol. The summed E-state index contributed by atoms with van der Waals surface area (Å²) in [5.74, 6) is -0.0177. The Morgan fingerprint density at radius 1 is 0.926 bits per heavy atom. The van der Waals surface area contributed by atoms with Crippen LogP contribution in [0.25, 0.3) is 11.1 Å². The first kappa shape index (κ1) is 17.7. The molecule has 2 N–H and O–H groups in total. The maximum atomic E-state index is 12.8. The highest BCUT2D eigenvalue weighted by atomic mass is 16.2. The molecule has 2 heterocycles. The number of carbonyl (C=O) groups excluding carboxylic acids is 2. The van der Waals surface area contributed by atoms with Crippen molar-refractivity contribution >= 4 is 17.5 Å². The molecule has 4 rings (SSSR count). The first-order valence-electron chi connectivity index (χ1n) is 9.72. The van der Waals surface area contributed by atoms with Gasteiger partial charge in [-0.2, -0.15) is 0 Å². The maximum Gasteiger partial charge on any atom is 0.247 e. The summed E-state index contributed by atoms with van der Waals surface area (Å²) in [7, 11) is 0. The van der Waals surface area contributed by atoms with Crippen LogP contribution >= 0.6 is 0 Å². The second kappa shape index (κ2) is 7.92. The van der Waals surface area contributed by atoms with E-state index in [9.17, 15) is 9.59 Å². The second-order valence-electron chi connectivity index (χ2n) is 7.27. The van der Waals surface area contributed by atoms with Crippen molar-refractivity contribution in [1.82, 2.24) is 10.2 Å². The molecule has 1 unspecified atom stereocenters. The van der Waals surface area contributed by atoms with Crippen molar-refractivity contribution in [2.24, 2.45) is 0 Å². The van der Waals surface area contributed by atoms with E-state index in [0.29, 0.717) is 6.54 Å². The van der Waals surface area contributed by atoms with Crippen LogP contribution in [0.2, 0.25) is 0 Å². The van der Waals surface area contributed by atoms with Crippen LogP contribution in [0.1, 0.15) is 25.7 Å². The Morgan fingerprint density at radius 2 is 1.67 bits per heavy atom. The number of anilines is 1. The summed E-state index contributed by atoms with van der Waals surface area (Å²) in [6.45, 7) is 1.55. The summed E-state index contributed by atoms with van der Waals surface area (Å²) >= 11 is 0. The second-order valence-corrected chi connectivity index (χ2v) is 7.27. The Bertz CT molecular complexity index is 798. The molecule has 0 aromatic heterocycles. The van der Waals surface area contributed by atoms with Gasteiger partial charge in [0.2, 0.25) is 11.8 Å². The number of rotatable bonds is 4.